The summed E-state index contributed by atoms with van der Waals surface area (Å²) in [7, 11) is 0. The predicted molar refractivity (Wildman–Crippen MR) is 52.1 cm³/mol. The second kappa shape index (κ2) is 5.58. The molecule has 1 nitrogen and oxygen atoms in total. The summed E-state index contributed by atoms with van der Waals surface area (Å²) in [6.07, 6.45) is 10.7. The van der Waals surface area contributed by atoms with Crippen molar-refractivity contribution in [3.8, 4) is 0 Å². The highest BCUT2D eigenvalue weighted by Crippen LogP contribution is 2.27. The molecule has 0 spiro atoms. The Morgan fingerprint density at radius 3 is 2.50 bits per heavy atom. The molecule has 0 amide bonds. The molecule has 0 aliphatic heterocycles. The fraction of sp³-hybridized carbons (Fsp3) is 1.00. The highest BCUT2D eigenvalue weighted by Gasteiger charge is 2.12. The van der Waals surface area contributed by atoms with Gasteiger partial charge in [-0.25, -0.2) is 0 Å². The van der Waals surface area contributed by atoms with Crippen molar-refractivity contribution in [2.24, 2.45) is 5.92 Å². The topological polar surface area (TPSA) is 20.2 Å². The maximum atomic E-state index is 9.08. The number of aliphatic hydroxyl groups is 1. The molecule has 1 N–H and O–H groups in total. The second-order valence-corrected chi connectivity index (χ2v) is 4.28. The quantitative estimate of drug-likeness (QED) is 0.687. The van der Waals surface area contributed by atoms with Crippen LogP contribution >= 0.6 is 0 Å². The van der Waals surface area contributed by atoms with Gasteiger partial charge in [0, 0.05) is 0 Å². The molecule has 0 heterocycles. The Bertz CT molecular complexity index is 104. The van der Waals surface area contributed by atoms with E-state index >= 15 is 0 Å². The van der Waals surface area contributed by atoms with E-state index in [1.165, 1.54) is 44.9 Å². The molecule has 1 aliphatic rings. The van der Waals surface area contributed by atoms with Crippen LogP contribution in [0.3, 0.4) is 0 Å². The van der Waals surface area contributed by atoms with Gasteiger partial charge in [-0.05, 0) is 19.3 Å². The summed E-state index contributed by atoms with van der Waals surface area (Å²) in [4.78, 5) is 0. The highest BCUT2D eigenvalue weighted by atomic mass is 16.3. The molecular formula is C11H22O. The van der Waals surface area contributed by atoms with Crippen LogP contribution in [0.15, 0.2) is 0 Å². The Labute approximate surface area is 76.2 Å². The van der Waals surface area contributed by atoms with E-state index in [9.17, 15) is 0 Å². The molecule has 0 radical (unpaired) electrons. The van der Waals surface area contributed by atoms with Crippen LogP contribution in [0.5, 0.6) is 0 Å². The Morgan fingerprint density at radius 1 is 1.25 bits per heavy atom. The second-order valence-electron chi connectivity index (χ2n) is 4.28. The van der Waals surface area contributed by atoms with Crippen LogP contribution in [-0.2, 0) is 0 Å². The Kier molecular flexibility index (Phi) is 4.67. The van der Waals surface area contributed by atoms with Crippen molar-refractivity contribution in [3.63, 3.8) is 0 Å². The van der Waals surface area contributed by atoms with E-state index in [-0.39, 0.29) is 6.10 Å². The van der Waals surface area contributed by atoms with Crippen molar-refractivity contribution >= 4 is 0 Å². The molecule has 1 aliphatic carbocycles. The van der Waals surface area contributed by atoms with Crippen LogP contribution in [0.1, 0.15) is 58.3 Å². The number of hydrogen-bond donors (Lipinski definition) is 1. The monoisotopic (exact) mass is 170 g/mol. The van der Waals surface area contributed by atoms with Gasteiger partial charge in [0.05, 0.1) is 6.10 Å². The predicted octanol–water partition coefficient (Wildman–Crippen LogP) is 3.12. The van der Waals surface area contributed by atoms with E-state index in [4.69, 9.17) is 5.11 Å². The van der Waals surface area contributed by atoms with E-state index in [1.54, 1.807) is 0 Å². The Morgan fingerprint density at radius 2 is 1.92 bits per heavy atom. The molecule has 72 valence electrons. The molecule has 0 aromatic carbocycles. The van der Waals surface area contributed by atoms with Gasteiger partial charge in [-0.1, -0.05) is 44.9 Å². The van der Waals surface area contributed by atoms with Crippen LogP contribution in [0.4, 0.5) is 0 Å². The van der Waals surface area contributed by atoms with E-state index in [0.717, 1.165) is 12.3 Å². The first-order valence-corrected chi connectivity index (χ1v) is 5.47. The number of aliphatic hydroxyl groups excluding tert-OH is 1. The van der Waals surface area contributed by atoms with Gasteiger partial charge in [-0.3, -0.25) is 0 Å². The SMILES string of the molecule is C[C@H](O)CCCC1CCCCC1. The van der Waals surface area contributed by atoms with Crippen LogP contribution in [0.25, 0.3) is 0 Å². The fourth-order valence-corrected chi connectivity index (χ4v) is 2.18. The molecule has 12 heavy (non-hydrogen) atoms. The van der Waals surface area contributed by atoms with E-state index < -0.39 is 0 Å². The van der Waals surface area contributed by atoms with Gasteiger partial charge in [0.1, 0.15) is 0 Å². The molecular weight excluding hydrogens is 148 g/mol. The van der Waals surface area contributed by atoms with Gasteiger partial charge in [0.25, 0.3) is 0 Å². The largest absolute Gasteiger partial charge is 0.393 e. The smallest absolute Gasteiger partial charge is 0.0512 e. The highest BCUT2D eigenvalue weighted by molar-refractivity contribution is 4.66. The average molecular weight is 170 g/mol. The molecule has 0 aromatic heterocycles. The lowest BCUT2D eigenvalue weighted by Crippen LogP contribution is -2.07. The van der Waals surface area contributed by atoms with Gasteiger partial charge in [-0.15, -0.1) is 0 Å². The van der Waals surface area contributed by atoms with Crippen molar-refractivity contribution in [2.45, 2.75) is 64.4 Å². The normalized spacial score (nSPS) is 22.5. The van der Waals surface area contributed by atoms with Gasteiger partial charge in [-0.2, -0.15) is 0 Å². The maximum absolute atomic E-state index is 9.08. The van der Waals surface area contributed by atoms with Crippen molar-refractivity contribution < 1.29 is 5.11 Å². The van der Waals surface area contributed by atoms with Crippen LogP contribution in [0.2, 0.25) is 0 Å². The minimum atomic E-state index is -0.0893. The lowest BCUT2D eigenvalue weighted by atomic mass is 9.85. The molecule has 0 saturated heterocycles. The molecule has 1 heteroatoms. The summed E-state index contributed by atoms with van der Waals surface area (Å²) >= 11 is 0. The molecule has 0 aromatic rings. The minimum Gasteiger partial charge on any atom is -0.393 e. The minimum absolute atomic E-state index is 0.0893. The Balaban J connectivity index is 1.98. The summed E-state index contributed by atoms with van der Waals surface area (Å²) < 4.78 is 0. The summed E-state index contributed by atoms with van der Waals surface area (Å²) in [6.45, 7) is 1.89. The van der Waals surface area contributed by atoms with Gasteiger partial charge < -0.3 is 5.11 Å². The zero-order valence-corrected chi connectivity index (χ0v) is 8.26. The molecule has 1 rings (SSSR count). The van der Waals surface area contributed by atoms with E-state index in [0.29, 0.717) is 0 Å². The number of rotatable bonds is 4. The molecule has 0 bridgehead atoms. The van der Waals surface area contributed by atoms with Crippen LogP contribution < -0.4 is 0 Å². The van der Waals surface area contributed by atoms with Gasteiger partial charge in [0.2, 0.25) is 0 Å². The first-order chi connectivity index (χ1) is 5.79. The molecule has 1 atom stereocenters. The van der Waals surface area contributed by atoms with Crippen LogP contribution in [0, 0.1) is 5.92 Å². The van der Waals surface area contributed by atoms with Gasteiger partial charge in [0.15, 0.2) is 0 Å². The van der Waals surface area contributed by atoms with E-state index in [2.05, 4.69) is 0 Å². The summed E-state index contributed by atoms with van der Waals surface area (Å²) in [5.74, 6) is 0.984. The standard InChI is InChI=1S/C11H22O/c1-10(12)6-5-9-11-7-3-2-4-8-11/h10-12H,2-9H2,1H3/t10-/m0/s1. The first kappa shape index (κ1) is 10.0. The lowest BCUT2D eigenvalue weighted by Gasteiger charge is -2.21. The summed E-state index contributed by atoms with van der Waals surface area (Å²) in [5, 5.41) is 9.08. The Hall–Kier alpha value is -0.0400. The van der Waals surface area contributed by atoms with Gasteiger partial charge >= 0.3 is 0 Å². The van der Waals surface area contributed by atoms with Crippen molar-refractivity contribution in [2.75, 3.05) is 0 Å². The lowest BCUT2D eigenvalue weighted by molar-refractivity contribution is 0.175. The zero-order chi connectivity index (χ0) is 8.81. The molecule has 1 fully saturated rings. The third kappa shape index (κ3) is 4.10. The van der Waals surface area contributed by atoms with Crippen molar-refractivity contribution in [3.05, 3.63) is 0 Å². The first-order valence-electron chi connectivity index (χ1n) is 5.47. The maximum Gasteiger partial charge on any atom is 0.0512 e. The average Bonchev–Trinajstić information content (AvgIpc) is 2.05. The molecule has 0 unspecified atom stereocenters. The number of hydrogen-bond acceptors (Lipinski definition) is 1. The van der Waals surface area contributed by atoms with Crippen molar-refractivity contribution in [1.82, 2.24) is 0 Å². The zero-order valence-electron chi connectivity index (χ0n) is 8.26. The summed E-state index contributed by atoms with van der Waals surface area (Å²) in [6, 6.07) is 0. The van der Waals surface area contributed by atoms with E-state index in [1.807, 2.05) is 6.92 Å². The van der Waals surface area contributed by atoms with Crippen LogP contribution in [-0.4, -0.2) is 11.2 Å². The third-order valence-corrected chi connectivity index (χ3v) is 2.96. The van der Waals surface area contributed by atoms with Crippen molar-refractivity contribution in [1.29, 1.82) is 0 Å². The molecule has 1 saturated carbocycles. The third-order valence-electron chi connectivity index (χ3n) is 2.96. The summed E-state index contributed by atoms with van der Waals surface area (Å²) in [5.41, 5.74) is 0. The fourth-order valence-electron chi connectivity index (χ4n) is 2.18.